The Morgan fingerprint density at radius 3 is 2.50 bits per heavy atom. The highest BCUT2D eigenvalue weighted by Crippen LogP contribution is 2.38. The van der Waals surface area contributed by atoms with E-state index >= 15 is 0 Å². The van der Waals surface area contributed by atoms with Gasteiger partial charge in [-0.25, -0.2) is 14.6 Å². The molecule has 0 aromatic heterocycles. The van der Waals surface area contributed by atoms with E-state index in [0.717, 1.165) is 5.56 Å². The summed E-state index contributed by atoms with van der Waals surface area (Å²) in [5.41, 5.74) is 2.49. The lowest BCUT2D eigenvalue weighted by Crippen LogP contribution is -2.10. The van der Waals surface area contributed by atoms with Crippen LogP contribution < -0.4 is 9.47 Å². The summed E-state index contributed by atoms with van der Waals surface area (Å²) in [6.45, 7) is 4.02. The molecule has 0 saturated carbocycles. The zero-order valence-corrected chi connectivity index (χ0v) is 19.8. The Balaban J connectivity index is 1.65. The lowest BCUT2D eigenvalue weighted by Gasteiger charge is -2.13. The minimum absolute atomic E-state index is 0.0674. The van der Waals surface area contributed by atoms with Crippen molar-refractivity contribution in [2.45, 2.75) is 13.8 Å². The fraction of sp³-hybridized carbons (Fsp3) is 0.115. The van der Waals surface area contributed by atoms with Gasteiger partial charge >= 0.3 is 11.9 Å². The zero-order chi connectivity index (χ0) is 24.2. The van der Waals surface area contributed by atoms with Crippen molar-refractivity contribution in [3.63, 3.8) is 0 Å². The third-order valence-electron chi connectivity index (χ3n) is 4.84. The minimum atomic E-state index is -0.626. The molecule has 3 aromatic rings. The Labute approximate surface area is 206 Å². The van der Waals surface area contributed by atoms with Gasteiger partial charge in [0.15, 0.2) is 17.2 Å². The number of nitrogens with zero attached hydrogens (tertiary/aromatic N) is 1. The molecule has 0 unspecified atom stereocenters. The summed E-state index contributed by atoms with van der Waals surface area (Å²) in [5.74, 6) is -0.739. The maximum absolute atomic E-state index is 12.6. The number of carbonyl (C=O) groups excluding carboxylic acids is 2. The van der Waals surface area contributed by atoms with Crippen LogP contribution in [0.5, 0.6) is 11.5 Å². The van der Waals surface area contributed by atoms with Crippen molar-refractivity contribution >= 4 is 47.1 Å². The number of ether oxygens (including phenoxy) is 3. The first-order chi connectivity index (χ1) is 16.4. The van der Waals surface area contributed by atoms with E-state index in [1.165, 1.54) is 6.08 Å². The molecule has 0 aliphatic carbocycles. The van der Waals surface area contributed by atoms with Gasteiger partial charge in [-0.2, -0.15) is 0 Å². The first kappa shape index (κ1) is 23.5. The van der Waals surface area contributed by atoms with E-state index in [0.29, 0.717) is 28.3 Å². The number of cyclic esters (lactones) is 1. The Morgan fingerprint density at radius 1 is 1.06 bits per heavy atom. The summed E-state index contributed by atoms with van der Waals surface area (Å²) in [6, 6.07) is 17.0. The van der Waals surface area contributed by atoms with Crippen LogP contribution in [-0.4, -0.2) is 24.4 Å². The van der Waals surface area contributed by atoms with E-state index in [1.807, 2.05) is 19.1 Å². The molecule has 172 valence electrons. The smallest absolute Gasteiger partial charge is 0.363 e. The van der Waals surface area contributed by atoms with Crippen molar-refractivity contribution in [1.82, 2.24) is 0 Å². The molecule has 4 rings (SSSR count). The van der Waals surface area contributed by atoms with Crippen LogP contribution in [0.25, 0.3) is 6.08 Å². The highest BCUT2D eigenvalue weighted by Gasteiger charge is 2.26. The van der Waals surface area contributed by atoms with Gasteiger partial charge in [0.25, 0.3) is 0 Å². The molecule has 1 aliphatic heterocycles. The second-order valence-corrected chi connectivity index (χ2v) is 8.15. The largest absolute Gasteiger partial charge is 0.490 e. The van der Waals surface area contributed by atoms with E-state index < -0.39 is 11.9 Å². The van der Waals surface area contributed by atoms with Crippen molar-refractivity contribution in [3.05, 3.63) is 98.7 Å². The number of halogens is 2. The van der Waals surface area contributed by atoms with Gasteiger partial charge in [-0.05, 0) is 61.9 Å². The molecule has 0 atom stereocenters. The molecular weight excluding hydrogens is 477 g/mol. The third-order valence-corrected chi connectivity index (χ3v) is 5.45. The van der Waals surface area contributed by atoms with Crippen molar-refractivity contribution in [2.75, 3.05) is 6.61 Å². The molecule has 0 amide bonds. The lowest BCUT2D eigenvalue weighted by molar-refractivity contribution is -0.129. The van der Waals surface area contributed by atoms with Crippen LogP contribution in [0.1, 0.15) is 34.0 Å². The molecule has 0 radical (unpaired) electrons. The van der Waals surface area contributed by atoms with Crippen LogP contribution in [0.3, 0.4) is 0 Å². The summed E-state index contributed by atoms with van der Waals surface area (Å²) in [5, 5.41) is 0.552. The molecule has 0 spiro atoms. The average molecular weight is 496 g/mol. The monoisotopic (exact) mass is 495 g/mol. The lowest BCUT2D eigenvalue weighted by atomic mass is 10.1. The first-order valence-corrected chi connectivity index (χ1v) is 11.1. The molecule has 3 aromatic carbocycles. The van der Waals surface area contributed by atoms with Crippen molar-refractivity contribution < 1.29 is 23.8 Å². The summed E-state index contributed by atoms with van der Waals surface area (Å²) in [4.78, 5) is 29.3. The van der Waals surface area contributed by atoms with Crippen LogP contribution in [0.4, 0.5) is 0 Å². The number of hydrogen-bond donors (Lipinski definition) is 0. The molecule has 6 nitrogen and oxygen atoms in total. The molecule has 0 saturated heterocycles. The van der Waals surface area contributed by atoms with Gasteiger partial charge in [0.1, 0.15) is 0 Å². The highest BCUT2D eigenvalue weighted by molar-refractivity contribution is 6.34. The summed E-state index contributed by atoms with van der Waals surface area (Å²) in [6.07, 6.45) is 1.51. The molecule has 0 N–H and O–H groups in total. The van der Waals surface area contributed by atoms with Gasteiger partial charge in [-0.1, -0.05) is 53.0 Å². The molecule has 8 heteroatoms. The molecule has 1 heterocycles. The topological polar surface area (TPSA) is 74.2 Å². The Bertz CT molecular complexity index is 1330. The number of aryl methyl sites for hydroxylation is 1. The minimum Gasteiger partial charge on any atom is -0.490 e. The van der Waals surface area contributed by atoms with E-state index in [4.69, 9.17) is 37.4 Å². The number of rotatable bonds is 6. The van der Waals surface area contributed by atoms with Crippen LogP contribution >= 0.6 is 23.2 Å². The molecule has 34 heavy (non-hydrogen) atoms. The van der Waals surface area contributed by atoms with E-state index in [-0.39, 0.29) is 28.1 Å². The van der Waals surface area contributed by atoms with Crippen molar-refractivity contribution in [1.29, 1.82) is 0 Å². The van der Waals surface area contributed by atoms with Crippen LogP contribution in [0.15, 0.2) is 71.4 Å². The van der Waals surface area contributed by atoms with Crippen molar-refractivity contribution in [2.24, 2.45) is 4.99 Å². The predicted octanol–water partition coefficient (Wildman–Crippen LogP) is 6.26. The number of aliphatic imine (C=N–C) groups is 1. The van der Waals surface area contributed by atoms with Gasteiger partial charge in [-0.15, -0.1) is 0 Å². The van der Waals surface area contributed by atoms with E-state index in [2.05, 4.69) is 4.99 Å². The number of benzene rings is 3. The molecular formula is C26H19Cl2NO5. The second kappa shape index (κ2) is 10.1. The van der Waals surface area contributed by atoms with Crippen LogP contribution in [0, 0.1) is 6.92 Å². The Kier molecular flexibility index (Phi) is 7.01. The predicted molar refractivity (Wildman–Crippen MR) is 131 cm³/mol. The summed E-state index contributed by atoms with van der Waals surface area (Å²) in [7, 11) is 0. The third kappa shape index (κ3) is 5.14. The maximum atomic E-state index is 12.6. The quantitative estimate of drug-likeness (QED) is 0.229. The summed E-state index contributed by atoms with van der Waals surface area (Å²) < 4.78 is 16.5. The fourth-order valence-corrected chi connectivity index (χ4v) is 3.67. The number of esters is 2. The first-order valence-electron chi connectivity index (χ1n) is 10.4. The number of hydrogen-bond acceptors (Lipinski definition) is 6. The molecule has 1 aliphatic rings. The van der Waals surface area contributed by atoms with Gasteiger partial charge in [0.05, 0.1) is 27.8 Å². The normalized spacial score (nSPS) is 14.1. The average Bonchev–Trinajstić information content (AvgIpc) is 3.16. The highest BCUT2D eigenvalue weighted by atomic mass is 35.5. The molecule has 0 fully saturated rings. The van der Waals surface area contributed by atoms with Crippen molar-refractivity contribution in [3.8, 4) is 11.5 Å². The van der Waals surface area contributed by atoms with Gasteiger partial charge in [0, 0.05) is 0 Å². The van der Waals surface area contributed by atoms with E-state index in [9.17, 15) is 9.59 Å². The Morgan fingerprint density at radius 2 is 1.79 bits per heavy atom. The second-order valence-electron chi connectivity index (χ2n) is 7.33. The van der Waals surface area contributed by atoms with Gasteiger partial charge < -0.3 is 14.2 Å². The Hall–Kier alpha value is -3.61. The van der Waals surface area contributed by atoms with Crippen LogP contribution in [-0.2, 0) is 9.53 Å². The van der Waals surface area contributed by atoms with E-state index in [1.54, 1.807) is 55.5 Å². The standard InChI is InChI=1S/C26H19Cl2NO5/c1-3-32-22-14-16(12-20(28)23(22)33-25(30)17-10-8-15(2)9-11-17)13-21-26(31)34-24(29-21)18-6-4-5-7-19(18)27/h4-14H,3H2,1-2H3/b21-13-. The maximum Gasteiger partial charge on any atom is 0.363 e. The van der Waals surface area contributed by atoms with Crippen LogP contribution in [0.2, 0.25) is 10.0 Å². The SMILES string of the molecule is CCOc1cc(/C=C2\N=C(c3ccccc3Cl)OC2=O)cc(Cl)c1OC(=O)c1ccc(C)cc1. The fourth-order valence-electron chi connectivity index (χ4n) is 3.19. The number of carbonyl (C=O) groups is 2. The zero-order valence-electron chi connectivity index (χ0n) is 18.3. The van der Waals surface area contributed by atoms with Gasteiger partial charge in [-0.3, -0.25) is 0 Å². The molecule has 0 bridgehead atoms. The van der Waals surface area contributed by atoms with Gasteiger partial charge in [0.2, 0.25) is 5.90 Å². The summed E-state index contributed by atoms with van der Waals surface area (Å²) >= 11 is 12.6.